The molecule has 1 aromatic rings. The van der Waals surface area contributed by atoms with Crippen molar-refractivity contribution in [2.24, 2.45) is 0 Å². The zero-order valence-electron chi connectivity index (χ0n) is 8.16. The number of nitrogens with two attached hydrogens (primary N) is 1. The van der Waals surface area contributed by atoms with E-state index in [-0.39, 0.29) is 5.75 Å². The fourth-order valence-corrected chi connectivity index (χ4v) is 1.18. The van der Waals surface area contributed by atoms with Gasteiger partial charge in [-0.25, -0.2) is 0 Å². The van der Waals surface area contributed by atoms with Crippen LogP contribution in [0.3, 0.4) is 0 Å². The molecule has 1 aromatic carbocycles. The van der Waals surface area contributed by atoms with Crippen LogP contribution in [-0.4, -0.2) is 12.1 Å². The summed E-state index contributed by atoms with van der Waals surface area (Å²) in [6, 6.07) is 3.75. The summed E-state index contributed by atoms with van der Waals surface area (Å²) in [7, 11) is 0. The summed E-state index contributed by atoms with van der Waals surface area (Å²) in [6.45, 7) is 0. The molecule has 0 aliphatic rings. The van der Waals surface area contributed by atoms with Gasteiger partial charge in [0.2, 0.25) is 0 Å². The van der Waals surface area contributed by atoms with Crippen LogP contribution in [0.15, 0.2) is 24.3 Å². The molecule has 88 valence electrons. The first kappa shape index (κ1) is 12.8. The average Bonchev–Trinajstić information content (AvgIpc) is 2.17. The van der Waals surface area contributed by atoms with Crippen molar-refractivity contribution in [3.63, 3.8) is 0 Å². The van der Waals surface area contributed by atoms with E-state index in [1.807, 2.05) is 0 Å². The molecule has 0 saturated carbocycles. The second kappa shape index (κ2) is 5.16. The SMILES string of the molecule is Nc1ccc(OC(F)(F)F)cc1C=CCS. The van der Waals surface area contributed by atoms with Crippen LogP contribution in [-0.2, 0) is 0 Å². The van der Waals surface area contributed by atoms with Gasteiger partial charge in [0.25, 0.3) is 0 Å². The minimum Gasteiger partial charge on any atom is -0.406 e. The Morgan fingerprint density at radius 3 is 2.62 bits per heavy atom. The van der Waals surface area contributed by atoms with Gasteiger partial charge in [-0.05, 0) is 18.2 Å². The van der Waals surface area contributed by atoms with Crippen LogP contribution < -0.4 is 10.5 Å². The van der Waals surface area contributed by atoms with Crippen LogP contribution in [0.2, 0.25) is 0 Å². The molecule has 0 saturated heterocycles. The van der Waals surface area contributed by atoms with Crippen molar-refractivity contribution in [3.05, 3.63) is 29.8 Å². The molecule has 0 aromatic heterocycles. The third-order valence-corrected chi connectivity index (χ3v) is 1.91. The quantitative estimate of drug-likeness (QED) is 0.637. The van der Waals surface area contributed by atoms with Crippen molar-refractivity contribution in [2.75, 3.05) is 11.5 Å². The molecule has 0 spiro atoms. The summed E-state index contributed by atoms with van der Waals surface area (Å²) in [5, 5.41) is 0. The number of thiol groups is 1. The van der Waals surface area contributed by atoms with Gasteiger partial charge in [0.05, 0.1) is 0 Å². The van der Waals surface area contributed by atoms with Gasteiger partial charge < -0.3 is 10.5 Å². The van der Waals surface area contributed by atoms with Gasteiger partial charge in [-0.2, -0.15) is 12.6 Å². The Kier molecular flexibility index (Phi) is 4.12. The van der Waals surface area contributed by atoms with Crippen LogP contribution in [0.25, 0.3) is 6.08 Å². The van der Waals surface area contributed by atoms with Crippen molar-refractivity contribution in [3.8, 4) is 5.75 Å². The number of nitrogen functional groups attached to an aromatic ring is 1. The predicted octanol–water partition coefficient (Wildman–Crippen LogP) is 3.11. The third kappa shape index (κ3) is 4.06. The highest BCUT2D eigenvalue weighted by molar-refractivity contribution is 7.80. The monoisotopic (exact) mass is 249 g/mol. The lowest BCUT2D eigenvalue weighted by Crippen LogP contribution is -2.17. The van der Waals surface area contributed by atoms with Gasteiger partial charge in [0.15, 0.2) is 0 Å². The molecule has 2 nitrogen and oxygen atoms in total. The maximum absolute atomic E-state index is 11.9. The van der Waals surface area contributed by atoms with Gasteiger partial charge in [0.1, 0.15) is 5.75 Å². The van der Waals surface area contributed by atoms with Crippen molar-refractivity contribution in [2.45, 2.75) is 6.36 Å². The van der Waals surface area contributed by atoms with Crippen molar-refractivity contribution in [1.29, 1.82) is 0 Å². The van der Waals surface area contributed by atoms with Crippen LogP contribution in [0.4, 0.5) is 18.9 Å². The molecule has 0 bridgehead atoms. The van der Waals surface area contributed by atoms with E-state index in [2.05, 4.69) is 17.4 Å². The number of benzene rings is 1. The van der Waals surface area contributed by atoms with E-state index in [9.17, 15) is 13.2 Å². The number of ether oxygens (including phenoxy) is 1. The number of hydrogen-bond donors (Lipinski definition) is 2. The Hall–Kier alpha value is -1.30. The Labute approximate surface area is 96.3 Å². The van der Waals surface area contributed by atoms with Crippen LogP contribution in [0, 0.1) is 0 Å². The van der Waals surface area contributed by atoms with E-state index in [1.165, 1.54) is 18.2 Å². The zero-order valence-corrected chi connectivity index (χ0v) is 9.05. The van der Waals surface area contributed by atoms with E-state index in [1.54, 1.807) is 12.2 Å². The second-order valence-corrected chi connectivity index (χ2v) is 3.29. The van der Waals surface area contributed by atoms with E-state index >= 15 is 0 Å². The number of rotatable bonds is 3. The number of halogens is 3. The van der Waals surface area contributed by atoms with Gasteiger partial charge in [0, 0.05) is 17.0 Å². The Bertz CT molecular complexity index is 390. The molecule has 0 amide bonds. The van der Waals surface area contributed by atoms with Crippen molar-refractivity contribution < 1.29 is 17.9 Å². The van der Waals surface area contributed by atoms with Gasteiger partial charge in [-0.1, -0.05) is 12.2 Å². The zero-order chi connectivity index (χ0) is 12.2. The number of alkyl halides is 3. The maximum atomic E-state index is 11.9. The highest BCUT2D eigenvalue weighted by atomic mass is 32.1. The molecule has 0 radical (unpaired) electrons. The molecular weight excluding hydrogens is 239 g/mol. The molecule has 2 N–H and O–H groups in total. The van der Waals surface area contributed by atoms with Gasteiger partial charge in [-0.3, -0.25) is 0 Å². The summed E-state index contributed by atoms with van der Waals surface area (Å²) < 4.78 is 39.6. The lowest BCUT2D eigenvalue weighted by atomic mass is 10.1. The predicted molar refractivity (Wildman–Crippen MR) is 60.4 cm³/mol. The molecule has 0 aliphatic carbocycles. The fourth-order valence-electron chi connectivity index (χ4n) is 1.07. The lowest BCUT2D eigenvalue weighted by Gasteiger charge is -2.10. The average molecular weight is 249 g/mol. The first-order valence-corrected chi connectivity index (χ1v) is 4.98. The first-order valence-electron chi connectivity index (χ1n) is 4.35. The van der Waals surface area contributed by atoms with E-state index < -0.39 is 6.36 Å². The van der Waals surface area contributed by atoms with Crippen LogP contribution in [0.1, 0.15) is 5.56 Å². The molecule has 16 heavy (non-hydrogen) atoms. The van der Waals surface area contributed by atoms with E-state index in [4.69, 9.17) is 5.73 Å². The summed E-state index contributed by atoms with van der Waals surface area (Å²) in [5.74, 6) is 0.185. The Balaban J connectivity index is 2.94. The van der Waals surface area contributed by atoms with Crippen LogP contribution in [0.5, 0.6) is 5.75 Å². The smallest absolute Gasteiger partial charge is 0.406 e. The standard InChI is InChI=1S/C10H10F3NOS/c11-10(12,13)15-8-3-4-9(14)7(6-8)2-1-5-16/h1-4,6,16H,5,14H2. The molecule has 1 rings (SSSR count). The maximum Gasteiger partial charge on any atom is 0.573 e. The van der Waals surface area contributed by atoms with Crippen molar-refractivity contribution >= 4 is 24.4 Å². The molecule has 0 fully saturated rings. The third-order valence-electron chi connectivity index (χ3n) is 1.69. The topological polar surface area (TPSA) is 35.2 Å². The fraction of sp³-hybridized carbons (Fsp3) is 0.200. The summed E-state index contributed by atoms with van der Waals surface area (Å²) in [5.41, 5.74) is 6.43. The summed E-state index contributed by atoms with van der Waals surface area (Å²) >= 11 is 3.94. The molecule has 6 heteroatoms. The Morgan fingerprint density at radius 2 is 2.06 bits per heavy atom. The minimum absolute atomic E-state index is 0.291. The van der Waals surface area contributed by atoms with E-state index in [0.717, 1.165) is 0 Å². The highest BCUT2D eigenvalue weighted by Gasteiger charge is 2.31. The van der Waals surface area contributed by atoms with Crippen LogP contribution >= 0.6 is 12.6 Å². The molecular formula is C10H10F3NOS. The number of anilines is 1. The second-order valence-electron chi connectivity index (χ2n) is 2.92. The largest absolute Gasteiger partial charge is 0.573 e. The molecule has 0 atom stereocenters. The molecule has 0 aliphatic heterocycles. The summed E-state index contributed by atoms with van der Waals surface area (Å²) in [6.07, 6.45) is -1.43. The molecule has 0 heterocycles. The first-order chi connectivity index (χ1) is 7.42. The normalized spacial score (nSPS) is 12.0. The Morgan fingerprint density at radius 1 is 1.38 bits per heavy atom. The minimum atomic E-state index is -4.69. The summed E-state index contributed by atoms with van der Waals surface area (Å²) in [4.78, 5) is 0. The lowest BCUT2D eigenvalue weighted by molar-refractivity contribution is -0.274. The van der Waals surface area contributed by atoms with Gasteiger partial charge in [-0.15, -0.1) is 13.2 Å². The van der Waals surface area contributed by atoms with Crippen molar-refractivity contribution in [1.82, 2.24) is 0 Å². The molecule has 0 unspecified atom stereocenters. The van der Waals surface area contributed by atoms with Gasteiger partial charge >= 0.3 is 6.36 Å². The number of hydrogen-bond acceptors (Lipinski definition) is 3. The van der Waals surface area contributed by atoms with E-state index in [0.29, 0.717) is 17.0 Å². The highest BCUT2D eigenvalue weighted by Crippen LogP contribution is 2.26.